The van der Waals surface area contributed by atoms with Crippen molar-refractivity contribution in [1.82, 2.24) is 0 Å². The summed E-state index contributed by atoms with van der Waals surface area (Å²) in [6.45, 7) is 6.08. The number of rotatable bonds is 4. The highest BCUT2D eigenvalue weighted by molar-refractivity contribution is 7.90. The minimum atomic E-state index is -3.39. The van der Waals surface area contributed by atoms with Crippen LogP contribution in [0.15, 0.2) is 53.4 Å². The Labute approximate surface area is 148 Å². The van der Waals surface area contributed by atoms with Gasteiger partial charge in [0.05, 0.1) is 4.90 Å². The van der Waals surface area contributed by atoms with E-state index in [2.05, 4.69) is 5.32 Å². The third-order valence-corrected chi connectivity index (χ3v) is 4.75. The molecule has 0 radical (unpaired) electrons. The summed E-state index contributed by atoms with van der Waals surface area (Å²) in [5.41, 5.74) is 1.82. The molecule has 0 saturated heterocycles. The fourth-order valence-corrected chi connectivity index (χ4v) is 2.88. The third kappa shape index (κ3) is 5.60. The summed E-state index contributed by atoms with van der Waals surface area (Å²) in [6, 6.07) is 14.2. The lowest BCUT2D eigenvalue weighted by molar-refractivity contribution is 0.155. The van der Waals surface area contributed by atoms with Gasteiger partial charge in [-0.2, -0.15) is 0 Å². The predicted octanol–water partition coefficient (Wildman–Crippen LogP) is 4.14. The molecule has 0 bridgehead atoms. The molecular formula is C19H23NO4S. The first-order valence-corrected chi connectivity index (χ1v) is 9.78. The highest BCUT2D eigenvalue weighted by atomic mass is 32.2. The zero-order valence-electron chi connectivity index (χ0n) is 14.9. The van der Waals surface area contributed by atoms with Crippen LogP contribution in [0.25, 0.3) is 0 Å². The Morgan fingerprint density at radius 2 is 1.72 bits per heavy atom. The lowest BCUT2D eigenvalue weighted by Crippen LogP contribution is -2.17. The van der Waals surface area contributed by atoms with Crippen LogP contribution in [0.2, 0.25) is 0 Å². The Kier molecular flexibility index (Phi) is 5.52. The second-order valence-corrected chi connectivity index (χ2v) is 8.97. The third-order valence-electron chi connectivity index (χ3n) is 3.66. The van der Waals surface area contributed by atoms with Crippen molar-refractivity contribution in [2.45, 2.75) is 37.7 Å². The van der Waals surface area contributed by atoms with Gasteiger partial charge in [-0.3, -0.25) is 5.32 Å². The number of amides is 1. The number of hydrogen-bond donors (Lipinski definition) is 1. The van der Waals surface area contributed by atoms with E-state index in [1.165, 1.54) is 6.07 Å². The van der Waals surface area contributed by atoms with Gasteiger partial charge in [-0.1, -0.05) is 51.1 Å². The lowest BCUT2D eigenvalue weighted by atomic mass is 9.87. The second-order valence-electron chi connectivity index (χ2n) is 6.95. The van der Waals surface area contributed by atoms with E-state index in [0.29, 0.717) is 5.69 Å². The van der Waals surface area contributed by atoms with E-state index in [9.17, 15) is 13.2 Å². The SMILES string of the molecule is CC(C)(C)c1cc(NC(=O)OCc2ccccc2)cc(S(C)(=O)=O)c1. The molecule has 0 aliphatic heterocycles. The van der Waals surface area contributed by atoms with Crippen molar-refractivity contribution in [2.75, 3.05) is 11.6 Å². The maximum absolute atomic E-state index is 12.0. The van der Waals surface area contributed by atoms with Crippen molar-refractivity contribution in [3.8, 4) is 0 Å². The van der Waals surface area contributed by atoms with Crippen LogP contribution < -0.4 is 5.32 Å². The zero-order valence-corrected chi connectivity index (χ0v) is 15.7. The molecule has 0 aliphatic rings. The molecule has 0 atom stereocenters. The van der Waals surface area contributed by atoms with E-state index >= 15 is 0 Å². The van der Waals surface area contributed by atoms with Crippen LogP contribution in [-0.2, 0) is 26.6 Å². The summed E-state index contributed by atoms with van der Waals surface area (Å²) in [6.07, 6.45) is 0.515. The van der Waals surface area contributed by atoms with Crippen molar-refractivity contribution in [2.24, 2.45) is 0 Å². The highest BCUT2D eigenvalue weighted by Gasteiger charge is 2.19. The molecule has 0 fully saturated rings. The van der Waals surface area contributed by atoms with Gasteiger partial charge in [0.1, 0.15) is 6.61 Å². The molecule has 2 aromatic carbocycles. The maximum Gasteiger partial charge on any atom is 0.411 e. The lowest BCUT2D eigenvalue weighted by Gasteiger charge is -2.21. The van der Waals surface area contributed by atoms with Crippen molar-refractivity contribution in [3.63, 3.8) is 0 Å². The summed E-state index contributed by atoms with van der Waals surface area (Å²) in [5.74, 6) is 0. The summed E-state index contributed by atoms with van der Waals surface area (Å²) in [4.78, 5) is 12.2. The number of sulfone groups is 1. The van der Waals surface area contributed by atoms with Gasteiger partial charge < -0.3 is 4.74 Å². The molecule has 0 heterocycles. The molecule has 1 N–H and O–H groups in total. The number of benzene rings is 2. The molecule has 5 nitrogen and oxygen atoms in total. The van der Waals surface area contributed by atoms with Gasteiger partial charge in [-0.15, -0.1) is 0 Å². The van der Waals surface area contributed by atoms with Gasteiger partial charge in [0, 0.05) is 11.9 Å². The summed E-state index contributed by atoms with van der Waals surface area (Å²) in [5, 5.41) is 2.61. The van der Waals surface area contributed by atoms with Gasteiger partial charge in [0.2, 0.25) is 0 Å². The Morgan fingerprint density at radius 1 is 1.08 bits per heavy atom. The van der Waals surface area contributed by atoms with Crippen molar-refractivity contribution in [3.05, 3.63) is 59.7 Å². The van der Waals surface area contributed by atoms with Crippen molar-refractivity contribution < 1.29 is 17.9 Å². The van der Waals surface area contributed by atoms with E-state index in [-0.39, 0.29) is 16.9 Å². The summed E-state index contributed by atoms with van der Waals surface area (Å²) >= 11 is 0. The average molecular weight is 361 g/mol. The molecule has 134 valence electrons. The Hall–Kier alpha value is -2.34. The van der Waals surface area contributed by atoms with Gasteiger partial charge in [-0.05, 0) is 34.7 Å². The van der Waals surface area contributed by atoms with Gasteiger partial charge >= 0.3 is 6.09 Å². The fraction of sp³-hybridized carbons (Fsp3) is 0.316. The Bertz CT molecular complexity index is 853. The van der Waals surface area contributed by atoms with E-state index < -0.39 is 15.9 Å². The van der Waals surface area contributed by atoms with Crippen molar-refractivity contribution >= 4 is 21.6 Å². The first-order valence-electron chi connectivity index (χ1n) is 7.89. The number of anilines is 1. The monoisotopic (exact) mass is 361 g/mol. The number of carbonyl (C=O) groups is 1. The van der Waals surface area contributed by atoms with Crippen LogP contribution in [-0.4, -0.2) is 20.8 Å². The minimum Gasteiger partial charge on any atom is -0.444 e. The number of nitrogens with one attached hydrogen (secondary N) is 1. The van der Waals surface area contributed by atoms with Crippen LogP contribution in [0.1, 0.15) is 31.9 Å². The largest absolute Gasteiger partial charge is 0.444 e. The van der Waals surface area contributed by atoms with E-state index in [0.717, 1.165) is 17.4 Å². The number of ether oxygens (including phenoxy) is 1. The van der Waals surface area contributed by atoms with Gasteiger partial charge in [-0.25, -0.2) is 13.2 Å². The fourth-order valence-electron chi connectivity index (χ4n) is 2.20. The molecule has 0 saturated carbocycles. The van der Waals surface area contributed by atoms with Crippen LogP contribution >= 0.6 is 0 Å². The number of carbonyl (C=O) groups excluding carboxylic acids is 1. The molecule has 0 spiro atoms. The van der Waals surface area contributed by atoms with Crippen LogP contribution in [0, 0.1) is 0 Å². The van der Waals surface area contributed by atoms with E-state index in [1.54, 1.807) is 12.1 Å². The van der Waals surface area contributed by atoms with Crippen LogP contribution in [0.4, 0.5) is 10.5 Å². The average Bonchev–Trinajstić information content (AvgIpc) is 2.52. The Morgan fingerprint density at radius 3 is 2.28 bits per heavy atom. The molecule has 6 heteroatoms. The summed E-state index contributed by atoms with van der Waals surface area (Å²) in [7, 11) is -3.39. The normalized spacial score (nSPS) is 11.8. The first kappa shape index (κ1) is 19.0. The predicted molar refractivity (Wildman–Crippen MR) is 98.5 cm³/mol. The molecule has 1 amide bonds. The van der Waals surface area contributed by atoms with E-state index in [4.69, 9.17) is 4.74 Å². The number of hydrogen-bond acceptors (Lipinski definition) is 4. The minimum absolute atomic E-state index is 0.143. The topological polar surface area (TPSA) is 72.5 Å². The molecule has 2 rings (SSSR count). The van der Waals surface area contributed by atoms with E-state index in [1.807, 2.05) is 51.1 Å². The molecule has 0 aromatic heterocycles. The van der Waals surface area contributed by atoms with Gasteiger partial charge in [0.25, 0.3) is 0 Å². The molecular weight excluding hydrogens is 338 g/mol. The standard InChI is InChI=1S/C19H23NO4S/c1-19(2,3)15-10-16(12-17(11-15)25(4,22)23)20-18(21)24-13-14-8-6-5-7-9-14/h5-12H,13H2,1-4H3,(H,20,21). The highest BCUT2D eigenvalue weighted by Crippen LogP contribution is 2.28. The van der Waals surface area contributed by atoms with Crippen molar-refractivity contribution in [1.29, 1.82) is 0 Å². The smallest absolute Gasteiger partial charge is 0.411 e. The summed E-state index contributed by atoms with van der Waals surface area (Å²) < 4.78 is 29.0. The van der Waals surface area contributed by atoms with Crippen LogP contribution in [0.5, 0.6) is 0 Å². The van der Waals surface area contributed by atoms with Gasteiger partial charge in [0.15, 0.2) is 9.84 Å². The quantitative estimate of drug-likeness (QED) is 0.888. The zero-order chi connectivity index (χ0) is 18.7. The first-order chi connectivity index (χ1) is 11.6. The molecule has 25 heavy (non-hydrogen) atoms. The Balaban J connectivity index is 2.19. The molecule has 0 aliphatic carbocycles. The van der Waals surface area contributed by atoms with Crippen LogP contribution in [0.3, 0.4) is 0 Å². The molecule has 2 aromatic rings. The second kappa shape index (κ2) is 7.27. The maximum atomic E-state index is 12.0. The molecule has 0 unspecified atom stereocenters.